The van der Waals surface area contributed by atoms with Crippen LogP contribution in [0.15, 0.2) is 0 Å². The molecule has 7 heteroatoms. The quantitative estimate of drug-likeness (QED) is 0.692. The highest BCUT2D eigenvalue weighted by atomic mass is 16.6. The lowest BCUT2D eigenvalue weighted by atomic mass is 9.82. The highest BCUT2D eigenvalue weighted by Crippen LogP contribution is 2.29. The molecule has 6 atom stereocenters. The van der Waals surface area contributed by atoms with Gasteiger partial charge in [-0.1, -0.05) is 20.8 Å². The van der Waals surface area contributed by atoms with Crippen LogP contribution >= 0.6 is 0 Å². The van der Waals surface area contributed by atoms with Gasteiger partial charge in [0.2, 0.25) is 5.91 Å². The summed E-state index contributed by atoms with van der Waals surface area (Å²) in [6.45, 7) is 8.59. The molecule has 0 bridgehead atoms. The van der Waals surface area contributed by atoms with Gasteiger partial charge < -0.3 is 20.5 Å². The summed E-state index contributed by atoms with van der Waals surface area (Å²) in [5, 5.41) is 2.74. The summed E-state index contributed by atoms with van der Waals surface area (Å²) < 4.78 is 10.8. The normalized spacial score (nSPS) is 32.0. The molecule has 1 aliphatic rings. The van der Waals surface area contributed by atoms with Crippen molar-refractivity contribution in [3.05, 3.63) is 0 Å². The largest absolute Gasteiger partial charge is 0.463 e. The zero-order valence-corrected chi connectivity index (χ0v) is 14.5. The summed E-state index contributed by atoms with van der Waals surface area (Å²) in [5.41, 5.74) is 6.16. The van der Waals surface area contributed by atoms with Gasteiger partial charge in [0, 0.05) is 19.3 Å². The van der Waals surface area contributed by atoms with E-state index < -0.39 is 6.23 Å². The molecule has 0 saturated carbocycles. The Kier molecular flexibility index (Phi) is 7.15. The molecule has 1 heterocycles. The minimum absolute atomic E-state index is 0.0382. The van der Waals surface area contributed by atoms with Crippen molar-refractivity contribution in [3.8, 4) is 0 Å². The number of carbonyl (C=O) groups excluding carboxylic acids is 3. The maximum absolute atomic E-state index is 12.0. The van der Waals surface area contributed by atoms with E-state index in [4.69, 9.17) is 15.2 Å². The van der Waals surface area contributed by atoms with Crippen LogP contribution < -0.4 is 11.1 Å². The second-order valence-corrected chi connectivity index (χ2v) is 6.48. The molecule has 0 spiro atoms. The van der Waals surface area contributed by atoms with Gasteiger partial charge in [-0.3, -0.25) is 14.4 Å². The summed E-state index contributed by atoms with van der Waals surface area (Å²) in [6, 6.07) is -0.366. The first-order chi connectivity index (χ1) is 10.6. The zero-order chi connectivity index (χ0) is 17.7. The standard InChI is InChI=1S/C16H28N2O5/c1-8(11(4)19)6-14(21)18-16-15(17)10(3)9(2)13(23-16)7-22-12(5)20/h8-10,13,15-16H,6-7,17H2,1-5H3,(H,18,21)/t8-,9+,10-,13?,15?,16+/m0/s1. The van der Waals surface area contributed by atoms with Crippen molar-refractivity contribution in [1.82, 2.24) is 5.32 Å². The van der Waals surface area contributed by atoms with E-state index in [0.717, 1.165) is 0 Å². The van der Waals surface area contributed by atoms with Crippen molar-refractivity contribution in [2.75, 3.05) is 6.61 Å². The minimum atomic E-state index is -0.659. The first-order valence-corrected chi connectivity index (χ1v) is 7.97. The zero-order valence-electron chi connectivity index (χ0n) is 14.5. The van der Waals surface area contributed by atoms with E-state index in [0.29, 0.717) is 0 Å². The van der Waals surface area contributed by atoms with Crippen molar-refractivity contribution in [2.24, 2.45) is 23.5 Å². The lowest BCUT2D eigenvalue weighted by molar-refractivity contribution is -0.169. The van der Waals surface area contributed by atoms with Gasteiger partial charge in [0.1, 0.15) is 18.6 Å². The Hall–Kier alpha value is -1.47. The van der Waals surface area contributed by atoms with Gasteiger partial charge in [-0.05, 0) is 18.8 Å². The summed E-state index contributed by atoms with van der Waals surface area (Å²) >= 11 is 0. The number of ether oxygens (including phenoxy) is 2. The van der Waals surface area contributed by atoms with Crippen LogP contribution in [0.1, 0.15) is 41.0 Å². The topological polar surface area (TPSA) is 108 Å². The van der Waals surface area contributed by atoms with E-state index in [1.165, 1.54) is 13.8 Å². The molecule has 1 rings (SSSR count). The molecule has 0 aromatic rings. The summed E-state index contributed by atoms with van der Waals surface area (Å²) in [6.07, 6.45) is -0.891. The average Bonchev–Trinajstić information content (AvgIpc) is 2.46. The first-order valence-electron chi connectivity index (χ1n) is 7.97. The van der Waals surface area contributed by atoms with Crippen LogP contribution in [-0.4, -0.2) is 42.6 Å². The van der Waals surface area contributed by atoms with Crippen LogP contribution in [-0.2, 0) is 23.9 Å². The Morgan fingerprint density at radius 1 is 1.22 bits per heavy atom. The summed E-state index contributed by atoms with van der Waals surface area (Å²) in [5.74, 6) is -0.861. The molecule has 132 valence electrons. The Balaban J connectivity index is 2.67. The number of nitrogens with two attached hydrogens (primary N) is 1. The third kappa shape index (κ3) is 5.58. The third-order valence-corrected chi connectivity index (χ3v) is 4.63. The Morgan fingerprint density at radius 2 is 1.83 bits per heavy atom. The minimum Gasteiger partial charge on any atom is -0.463 e. The third-order valence-electron chi connectivity index (χ3n) is 4.63. The molecule has 0 aromatic carbocycles. The van der Waals surface area contributed by atoms with Crippen molar-refractivity contribution >= 4 is 17.7 Å². The second kappa shape index (κ2) is 8.40. The van der Waals surface area contributed by atoms with Crippen LogP contribution in [0.3, 0.4) is 0 Å². The maximum Gasteiger partial charge on any atom is 0.302 e. The van der Waals surface area contributed by atoms with Crippen LogP contribution in [0.2, 0.25) is 0 Å². The fourth-order valence-electron chi connectivity index (χ4n) is 2.53. The molecule has 1 saturated heterocycles. The molecule has 2 unspecified atom stereocenters. The lowest BCUT2D eigenvalue weighted by Gasteiger charge is -2.43. The highest BCUT2D eigenvalue weighted by molar-refractivity contribution is 5.85. The monoisotopic (exact) mass is 328 g/mol. The van der Waals surface area contributed by atoms with Crippen molar-refractivity contribution in [2.45, 2.75) is 59.4 Å². The molecule has 23 heavy (non-hydrogen) atoms. The average molecular weight is 328 g/mol. The number of carbonyl (C=O) groups is 3. The number of hydrogen-bond donors (Lipinski definition) is 2. The van der Waals surface area contributed by atoms with Gasteiger partial charge in [-0.25, -0.2) is 0 Å². The second-order valence-electron chi connectivity index (χ2n) is 6.48. The number of hydrogen-bond acceptors (Lipinski definition) is 6. The Labute approximate surface area is 137 Å². The summed E-state index contributed by atoms with van der Waals surface area (Å²) in [4.78, 5) is 34.3. The maximum atomic E-state index is 12.0. The molecule has 0 aliphatic carbocycles. The molecule has 1 fully saturated rings. The Bertz CT molecular complexity index is 454. The van der Waals surface area contributed by atoms with E-state index in [2.05, 4.69) is 5.32 Å². The fraction of sp³-hybridized carbons (Fsp3) is 0.812. The summed E-state index contributed by atoms with van der Waals surface area (Å²) in [7, 11) is 0. The van der Waals surface area contributed by atoms with Crippen LogP contribution in [0.25, 0.3) is 0 Å². The molecule has 1 aliphatic heterocycles. The van der Waals surface area contributed by atoms with E-state index in [1.54, 1.807) is 6.92 Å². The van der Waals surface area contributed by atoms with Crippen LogP contribution in [0.5, 0.6) is 0 Å². The highest BCUT2D eigenvalue weighted by Gasteiger charge is 2.40. The van der Waals surface area contributed by atoms with Crippen LogP contribution in [0.4, 0.5) is 0 Å². The number of rotatable bonds is 6. The van der Waals surface area contributed by atoms with E-state index >= 15 is 0 Å². The lowest BCUT2D eigenvalue weighted by Crippen LogP contribution is -2.60. The number of esters is 1. The van der Waals surface area contributed by atoms with Crippen molar-refractivity contribution in [3.63, 3.8) is 0 Å². The fourth-order valence-corrected chi connectivity index (χ4v) is 2.53. The number of nitrogens with one attached hydrogen (secondary N) is 1. The predicted molar refractivity (Wildman–Crippen MR) is 84.2 cm³/mol. The number of ketones is 1. The van der Waals surface area contributed by atoms with Crippen LogP contribution in [0, 0.1) is 17.8 Å². The van der Waals surface area contributed by atoms with Crippen molar-refractivity contribution in [1.29, 1.82) is 0 Å². The predicted octanol–water partition coefficient (Wildman–Crippen LogP) is 0.605. The van der Waals surface area contributed by atoms with Gasteiger partial charge in [-0.15, -0.1) is 0 Å². The smallest absolute Gasteiger partial charge is 0.302 e. The van der Waals surface area contributed by atoms with Gasteiger partial charge in [-0.2, -0.15) is 0 Å². The molecule has 3 N–H and O–H groups in total. The van der Waals surface area contributed by atoms with Gasteiger partial charge in [0.05, 0.1) is 12.1 Å². The molecule has 0 aromatic heterocycles. The van der Waals surface area contributed by atoms with Gasteiger partial charge in [0.25, 0.3) is 0 Å². The molecular weight excluding hydrogens is 300 g/mol. The van der Waals surface area contributed by atoms with E-state index in [9.17, 15) is 14.4 Å². The van der Waals surface area contributed by atoms with E-state index in [1.807, 2.05) is 13.8 Å². The number of Topliss-reactive ketones (excluding diaryl/α,β-unsaturated/α-hetero) is 1. The van der Waals surface area contributed by atoms with Gasteiger partial charge >= 0.3 is 5.97 Å². The molecule has 7 nitrogen and oxygen atoms in total. The molecule has 1 amide bonds. The van der Waals surface area contributed by atoms with Gasteiger partial charge in [0.15, 0.2) is 0 Å². The SMILES string of the molecule is CC(=O)OCC1O[C@@H](NC(=O)C[C@H](C)C(C)=O)C(N)[C@@H](C)[C@H]1C. The van der Waals surface area contributed by atoms with E-state index in [-0.39, 0.29) is 60.6 Å². The van der Waals surface area contributed by atoms with Crippen molar-refractivity contribution < 1.29 is 23.9 Å². The molecule has 0 radical (unpaired) electrons. The first kappa shape index (κ1) is 19.6. The Morgan fingerprint density at radius 3 is 2.35 bits per heavy atom. The molecular formula is C16H28N2O5. The number of amides is 1.